The number of aromatic amines is 1. The molecule has 7 nitrogen and oxygen atoms in total. The van der Waals surface area contributed by atoms with Gasteiger partial charge in [0.15, 0.2) is 0 Å². The standard InChI is InChI=1S/C17H19FN6O/c1-10-15(11(2)22-21-10)8-9-19-17(25)16-20-12(3)24(23-16)14-6-4-13(18)5-7-14/h4-7H,8-9H2,1-3H3,(H,19,25)(H,21,22). The second-order valence-electron chi connectivity index (χ2n) is 5.79. The molecular formula is C17H19FN6O. The van der Waals surface area contributed by atoms with Crippen LogP contribution in [0.25, 0.3) is 5.69 Å². The minimum Gasteiger partial charge on any atom is -0.349 e. The first-order chi connectivity index (χ1) is 12.0. The van der Waals surface area contributed by atoms with Crippen LogP contribution in [0.5, 0.6) is 0 Å². The van der Waals surface area contributed by atoms with Gasteiger partial charge in [-0.15, -0.1) is 5.10 Å². The highest BCUT2D eigenvalue weighted by Gasteiger charge is 2.15. The zero-order chi connectivity index (χ0) is 18.0. The first-order valence-corrected chi connectivity index (χ1v) is 7.94. The van der Waals surface area contributed by atoms with Crippen LogP contribution in [0.1, 0.15) is 33.4 Å². The zero-order valence-corrected chi connectivity index (χ0v) is 14.3. The Balaban J connectivity index is 1.67. The number of nitrogens with one attached hydrogen (secondary N) is 2. The summed E-state index contributed by atoms with van der Waals surface area (Å²) < 4.78 is 14.5. The number of carbonyl (C=O) groups is 1. The van der Waals surface area contributed by atoms with E-state index in [1.807, 2.05) is 13.8 Å². The summed E-state index contributed by atoms with van der Waals surface area (Å²) in [5.41, 5.74) is 3.68. The Morgan fingerprint density at radius 2 is 1.96 bits per heavy atom. The number of benzene rings is 1. The van der Waals surface area contributed by atoms with Crippen LogP contribution in [-0.4, -0.2) is 37.4 Å². The van der Waals surface area contributed by atoms with Gasteiger partial charge < -0.3 is 5.32 Å². The molecule has 0 unspecified atom stereocenters. The molecule has 2 aromatic heterocycles. The van der Waals surface area contributed by atoms with Crippen LogP contribution >= 0.6 is 0 Å². The van der Waals surface area contributed by atoms with Gasteiger partial charge in [-0.3, -0.25) is 9.89 Å². The van der Waals surface area contributed by atoms with Crippen LogP contribution in [0.4, 0.5) is 4.39 Å². The Morgan fingerprint density at radius 3 is 2.60 bits per heavy atom. The van der Waals surface area contributed by atoms with E-state index in [0.29, 0.717) is 24.5 Å². The van der Waals surface area contributed by atoms with Gasteiger partial charge in [-0.05, 0) is 57.0 Å². The van der Waals surface area contributed by atoms with Crippen molar-refractivity contribution in [3.8, 4) is 5.69 Å². The van der Waals surface area contributed by atoms with E-state index in [-0.39, 0.29) is 17.5 Å². The molecule has 8 heteroatoms. The minimum atomic E-state index is -0.345. The fourth-order valence-corrected chi connectivity index (χ4v) is 2.64. The lowest BCUT2D eigenvalue weighted by molar-refractivity contribution is 0.0943. The number of nitrogens with zero attached hydrogens (tertiary/aromatic N) is 4. The molecule has 1 amide bonds. The maximum absolute atomic E-state index is 13.0. The fourth-order valence-electron chi connectivity index (χ4n) is 2.64. The van der Waals surface area contributed by atoms with E-state index in [9.17, 15) is 9.18 Å². The van der Waals surface area contributed by atoms with E-state index in [4.69, 9.17) is 0 Å². The third kappa shape index (κ3) is 3.57. The molecule has 0 atom stereocenters. The van der Waals surface area contributed by atoms with Gasteiger partial charge in [0.1, 0.15) is 11.6 Å². The van der Waals surface area contributed by atoms with E-state index in [0.717, 1.165) is 17.0 Å². The highest BCUT2D eigenvalue weighted by atomic mass is 19.1. The van der Waals surface area contributed by atoms with Crippen molar-refractivity contribution in [2.45, 2.75) is 27.2 Å². The van der Waals surface area contributed by atoms with E-state index in [2.05, 4.69) is 25.6 Å². The molecule has 0 aliphatic rings. The molecule has 0 spiro atoms. The summed E-state index contributed by atoms with van der Waals surface area (Å²) in [7, 11) is 0. The molecule has 0 saturated heterocycles. The van der Waals surface area contributed by atoms with E-state index in [1.54, 1.807) is 19.1 Å². The topological polar surface area (TPSA) is 88.5 Å². The Bertz CT molecular complexity index is 877. The van der Waals surface area contributed by atoms with E-state index < -0.39 is 0 Å². The number of hydrogen-bond acceptors (Lipinski definition) is 4. The average Bonchev–Trinajstić information content (AvgIpc) is 3.12. The van der Waals surface area contributed by atoms with Gasteiger partial charge in [0.2, 0.25) is 5.82 Å². The number of carbonyl (C=O) groups excluding carboxylic acids is 1. The van der Waals surface area contributed by atoms with Crippen molar-refractivity contribution in [3.63, 3.8) is 0 Å². The van der Waals surface area contributed by atoms with Crippen molar-refractivity contribution < 1.29 is 9.18 Å². The maximum Gasteiger partial charge on any atom is 0.290 e. The maximum atomic E-state index is 13.0. The number of hydrogen-bond donors (Lipinski definition) is 2. The van der Waals surface area contributed by atoms with Crippen molar-refractivity contribution in [1.82, 2.24) is 30.3 Å². The van der Waals surface area contributed by atoms with Crippen LogP contribution in [0.2, 0.25) is 0 Å². The van der Waals surface area contributed by atoms with E-state index in [1.165, 1.54) is 16.8 Å². The Kier molecular flexibility index (Phi) is 4.60. The summed E-state index contributed by atoms with van der Waals surface area (Å²) in [6.45, 7) is 6.08. The van der Waals surface area contributed by atoms with Gasteiger partial charge in [-0.1, -0.05) is 0 Å². The molecule has 2 N–H and O–H groups in total. The van der Waals surface area contributed by atoms with Crippen LogP contribution in [0.15, 0.2) is 24.3 Å². The number of halogens is 1. The molecule has 0 bridgehead atoms. The van der Waals surface area contributed by atoms with Gasteiger partial charge in [-0.25, -0.2) is 14.1 Å². The molecule has 0 radical (unpaired) electrons. The Hall–Kier alpha value is -3.03. The van der Waals surface area contributed by atoms with Crippen LogP contribution in [0.3, 0.4) is 0 Å². The lowest BCUT2D eigenvalue weighted by Gasteiger charge is -2.03. The largest absolute Gasteiger partial charge is 0.349 e. The third-order valence-corrected chi connectivity index (χ3v) is 3.98. The summed E-state index contributed by atoms with van der Waals surface area (Å²) in [5, 5.41) is 14.1. The van der Waals surface area contributed by atoms with Crippen LogP contribution < -0.4 is 5.32 Å². The molecule has 3 rings (SSSR count). The molecule has 0 aliphatic carbocycles. The number of aryl methyl sites for hydroxylation is 3. The Morgan fingerprint density at radius 1 is 1.24 bits per heavy atom. The SMILES string of the molecule is Cc1n[nH]c(C)c1CCNC(=O)c1nc(C)n(-c2ccc(F)cc2)n1. The molecule has 0 saturated carbocycles. The highest BCUT2D eigenvalue weighted by molar-refractivity contribution is 5.90. The molecule has 1 aromatic carbocycles. The molecule has 25 heavy (non-hydrogen) atoms. The van der Waals surface area contributed by atoms with Gasteiger partial charge in [0.25, 0.3) is 5.91 Å². The first kappa shape index (κ1) is 16.8. The number of aromatic nitrogens is 5. The molecule has 130 valence electrons. The summed E-state index contributed by atoms with van der Waals surface area (Å²) in [6.07, 6.45) is 0.678. The number of rotatable bonds is 5. The highest BCUT2D eigenvalue weighted by Crippen LogP contribution is 2.11. The molecule has 3 aromatic rings. The molecule has 2 heterocycles. The van der Waals surface area contributed by atoms with Crippen molar-refractivity contribution in [1.29, 1.82) is 0 Å². The number of H-pyrrole nitrogens is 1. The van der Waals surface area contributed by atoms with Crippen molar-refractivity contribution in [3.05, 3.63) is 58.7 Å². The quantitative estimate of drug-likeness (QED) is 0.742. The van der Waals surface area contributed by atoms with Gasteiger partial charge in [0, 0.05) is 12.2 Å². The summed E-state index contributed by atoms with van der Waals surface area (Å²) in [6, 6.07) is 5.85. The average molecular weight is 342 g/mol. The second-order valence-corrected chi connectivity index (χ2v) is 5.79. The zero-order valence-electron chi connectivity index (χ0n) is 14.3. The first-order valence-electron chi connectivity index (χ1n) is 7.94. The smallest absolute Gasteiger partial charge is 0.290 e. The minimum absolute atomic E-state index is 0.0856. The molecule has 0 fully saturated rings. The predicted octanol–water partition coefficient (Wildman–Crippen LogP) is 2.03. The van der Waals surface area contributed by atoms with Gasteiger partial charge in [0.05, 0.1) is 11.4 Å². The van der Waals surface area contributed by atoms with Crippen molar-refractivity contribution in [2.75, 3.05) is 6.54 Å². The van der Waals surface area contributed by atoms with Crippen molar-refractivity contribution >= 4 is 5.91 Å². The lowest BCUT2D eigenvalue weighted by Crippen LogP contribution is -2.27. The fraction of sp³-hybridized carbons (Fsp3) is 0.294. The molecular weight excluding hydrogens is 323 g/mol. The lowest BCUT2D eigenvalue weighted by atomic mass is 10.1. The van der Waals surface area contributed by atoms with Crippen molar-refractivity contribution in [2.24, 2.45) is 0 Å². The summed E-state index contributed by atoms with van der Waals surface area (Å²) in [5.74, 6) is -0.0344. The molecule has 0 aliphatic heterocycles. The van der Waals surface area contributed by atoms with Crippen LogP contribution in [0, 0.1) is 26.6 Å². The monoisotopic (exact) mass is 342 g/mol. The summed E-state index contributed by atoms with van der Waals surface area (Å²) >= 11 is 0. The van der Waals surface area contributed by atoms with Gasteiger partial charge >= 0.3 is 0 Å². The van der Waals surface area contributed by atoms with Crippen LogP contribution in [-0.2, 0) is 6.42 Å². The Labute approximate surface area is 144 Å². The summed E-state index contributed by atoms with van der Waals surface area (Å²) in [4.78, 5) is 16.4. The van der Waals surface area contributed by atoms with E-state index >= 15 is 0 Å². The second kappa shape index (κ2) is 6.84. The predicted molar refractivity (Wildman–Crippen MR) is 90.2 cm³/mol. The number of amides is 1. The third-order valence-electron chi connectivity index (χ3n) is 3.98. The normalized spacial score (nSPS) is 10.9. The van der Waals surface area contributed by atoms with Gasteiger partial charge in [-0.2, -0.15) is 5.10 Å².